The number of methoxy groups -OCH3 is 1. The van der Waals surface area contributed by atoms with Crippen molar-refractivity contribution in [2.75, 3.05) is 12.8 Å². The highest BCUT2D eigenvalue weighted by atomic mass is 35.5. The molecule has 0 atom stereocenters. The Kier molecular flexibility index (Phi) is 3.50. The molecule has 22 heavy (non-hydrogen) atoms. The first-order valence-electron chi connectivity index (χ1n) is 6.64. The number of ether oxygens (including phenoxy) is 1. The Morgan fingerprint density at radius 2 is 2.14 bits per heavy atom. The van der Waals surface area contributed by atoms with Crippen molar-refractivity contribution in [1.82, 2.24) is 9.97 Å². The fourth-order valence-corrected chi connectivity index (χ4v) is 2.63. The number of carbonyl (C=O) groups excluding carboxylic acids is 1. The minimum atomic E-state index is -0.612. The maximum absolute atomic E-state index is 11.8. The number of nitrogens with two attached hydrogens (primary N) is 1. The van der Waals surface area contributed by atoms with E-state index in [1.807, 2.05) is 37.4 Å². The summed E-state index contributed by atoms with van der Waals surface area (Å²) in [7, 11) is 1.28. The Morgan fingerprint density at radius 1 is 1.36 bits per heavy atom. The molecule has 0 spiro atoms. The van der Waals surface area contributed by atoms with Crippen molar-refractivity contribution in [3.05, 3.63) is 46.7 Å². The number of hydrogen-bond acceptors (Lipinski definition) is 4. The summed E-state index contributed by atoms with van der Waals surface area (Å²) in [5.41, 5.74) is 9.53. The third-order valence-corrected chi connectivity index (χ3v) is 4.02. The second-order valence-corrected chi connectivity index (χ2v) is 5.31. The second-order valence-electron chi connectivity index (χ2n) is 4.93. The van der Waals surface area contributed by atoms with Crippen LogP contribution in [0.2, 0.25) is 5.02 Å². The highest BCUT2D eigenvalue weighted by Gasteiger charge is 2.20. The number of nitrogens with one attached hydrogen (secondary N) is 1. The lowest BCUT2D eigenvalue weighted by molar-refractivity contribution is 0.0594. The van der Waals surface area contributed by atoms with Crippen molar-refractivity contribution in [1.29, 1.82) is 0 Å². The van der Waals surface area contributed by atoms with Gasteiger partial charge in [0.15, 0.2) is 5.69 Å². The first-order chi connectivity index (χ1) is 10.5. The van der Waals surface area contributed by atoms with Crippen molar-refractivity contribution in [3.63, 3.8) is 0 Å². The van der Waals surface area contributed by atoms with E-state index in [-0.39, 0.29) is 10.7 Å². The Hall–Kier alpha value is -2.53. The molecular weight excluding hydrogens is 302 g/mol. The van der Waals surface area contributed by atoms with E-state index in [1.165, 1.54) is 7.11 Å². The van der Waals surface area contributed by atoms with Crippen molar-refractivity contribution < 1.29 is 9.53 Å². The number of aromatic nitrogens is 2. The number of aromatic amines is 1. The third-order valence-electron chi connectivity index (χ3n) is 3.63. The van der Waals surface area contributed by atoms with Crippen LogP contribution in [0.3, 0.4) is 0 Å². The number of H-pyrrole nitrogens is 1. The molecule has 2 aromatic heterocycles. The molecule has 3 rings (SSSR count). The van der Waals surface area contributed by atoms with Crippen molar-refractivity contribution in [2.45, 2.75) is 6.92 Å². The summed E-state index contributed by atoms with van der Waals surface area (Å²) in [4.78, 5) is 19.3. The fraction of sp³-hybridized carbons (Fsp3) is 0.125. The standard InChI is InChI=1S/C16H14ClN3O2/c1-8-13(18)12(17)15(16(21)22-2)20-14(8)10-4-3-9-5-6-19-11(9)7-10/h3-7,19H,1-2H3,(H2,18,20). The minimum absolute atomic E-state index is 0.0221. The molecular formula is C16H14ClN3O2. The van der Waals surface area contributed by atoms with Gasteiger partial charge < -0.3 is 15.5 Å². The second kappa shape index (κ2) is 5.35. The summed E-state index contributed by atoms with van der Waals surface area (Å²) in [6, 6.07) is 7.85. The third kappa shape index (κ3) is 2.19. The predicted octanol–water partition coefficient (Wildman–Crippen LogP) is 3.56. The number of carbonyl (C=O) groups is 1. The summed E-state index contributed by atoms with van der Waals surface area (Å²) in [6.07, 6.45) is 1.87. The Bertz CT molecular complexity index is 886. The number of nitrogens with zero attached hydrogens (tertiary/aromatic N) is 1. The highest BCUT2D eigenvalue weighted by molar-refractivity contribution is 6.36. The van der Waals surface area contributed by atoms with Gasteiger partial charge in [-0.25, -0.2) is 9.78 Å². The first-order valence-corrected chi connectivity index (χ1v) is 7.02. The molecule has 112 valence electrons. The van der Waals surface area contributed by atoms with Crippen LogP contribution < -0.4 is 5.73 Å². The molecule has 0 unspecified atom stereocenters. The number of pyridine rings is 1. The molecule has 2 heterocycles. The van der Waals surface area contributed by atoms with Gasteiger partial charge in [-0.2, -0.15) is 0 Å². The van der Waals surface area contributed by atoms with Gasteiger partial charge >= 0.3 is 5.97 Å². The van der Waals surface area contributed by atoms with Crippen molar-refractivity contribution in [3.8, 4) is 11.3 Å². The van der Waals surface area contributed by atoms with E-state index >= 15 is 0 Å². The summed E-state index contributed by atoms with van der Waals surface area (Å²) in [6.45, 7) is 1.82. The van der Waals surface area contributed by atoms with E-state index < -0.39 is 5.97 Å². The zero-order valence-electron chi connectivity index (χ0n) is 12.1. The van der Waals surface area contributed by atoms with Crippen LogP contribution in [-0.4, -0.2) is 23.0 Å². The molecule has 0 aliphatic carbocycles. The van der Waals surface area contributed by atoms with Gasteiger partial charge in [-0.3, -0.25) is 0 Å². The maximum Gasteiger partial charge on any atom is 0.358 e. The molecule has 0 saturated carbocycles. The predicted molar refractivity (Wildman–Crippen MR) is 87.0 cm³/mol. The fourth-order valence-electron chi connectivity index (χ4n) is 2.37. The SMILES string of the molecule is COC(=O)c1nc(-c2ccc3cc[nH]c3c2)c(C)c(N)c1Cl. The number of rotatable bonds is 2. The Labute approximate surface area is 132 Å². The van der Waals surface area contributed by atoms with E-state index in [4.69, 9.17) is 22.1 Å². The number of esters is 1. The van der Waals surface area contributed by atoms with Gasteiger partial charge in [0.05, 0.1) is 23.5 Å². The number of nitrogen functional groups attached to an aromatic ring is 1. The van der Waals surface area contributed by atoms with Gasteiger partial charge in [0.25, 0.3) is 0 Å². The van der Waals surface area contributed by atoms with Gasteiger partial charge in [-0.15, -0.1) is 0 Å². The van der Waals surface area contributed by atoms with Crippen molar-refractivity contribution in [2.24, 2.45) is 0 Å². The topological polar surface area (TPSA) is 81.0 Å². The highest BCUT2D eigenvalue weighted by Crippen LogP contribution is 2.33. The summed E-state index contributed by atoms with van der Waals surface area (Å²) >= 11 is 6.11. The van der Waals surface area contributed by atoms with Crippen LogP contribution >= 0.6 is 11.6 Å². The van der Waals surface area contributed by atoms with E-state index in [9.17, 15) is 4.79 Å². The molecule has 0 amide bonds. The van der Waals surface area contributed by atoms with Crippen LogP contribution in [-0.2, 0) is 4.74 Å². The quantitative estimate of drug-likeness (QED) is 0.708. The molecule has 0 aliphatic heterocycles. The maximum atomic E-state index is 11.8. The molecule has 0 fully saturated rings. The van der Waals surface area contributed by atoms with Crippen LogP contribution in [0.5, 0.6) is 0 Å². The van der Waals surface area contributed by atoms with Gasteiger partial charge in [0.1, 0.15) is 0 Å². The summed E-state index contributed by atoms with van der Waals surface area (Å²) < 4.78 is 4.71. The molecule has 0 aliphatic rings. The van der Waals surface area contributed by atoms with E-state index in [0.717, 1.165) is 22.0 Å². The number of anilines is 1. The van der Waals surface area contributed by atoms with Gasteiger partial charge in [-0.1, -0.05) is 23.7 Å². The number of benzene rings is 1. The van der Waals surface area contributed by atoms with Crippen molar-refractivity contribution >= 4 is 34.2 Å². The van der Waals surface area contributed by atoms with Crippen LogP contribution in [0, 0.1) is 6.92 Å². The summed E-state index contributed by atoms with van der Waals surface area (Å²) in [5.74, 6) is -0.612. The zero-order chi connectivity index (χ0) is 15.9. The molecule has 0 bridgehead atoms. The number of halogens is 1. The number of hydrogen-bond donors (Lipinski definition) is 2. The lowest BCUT2D eigenvalue weighted by Gasteiger charge is -2.13. The molecule has 6 heteroatoms. The average Bonchev–Trinajstić information content (AvgIpc) is 2.99. The molecule has 3 N–H and O–H groups in total. The lowest BCUT2D eigenvalue weighted by atomic mass is 10.0. The van der Waals surface area contributed by atoms with Gasteiger partial charge in [-0.05, 0) is 30.0 Å². The summed E-state index contributed by atoms with van der Waals surface area (Å²) in [5, 5.41) is 1.21. The van der Waals surface area contributed by atoms with E-state index in [0.29, 0.717) is 11.4 Å². The van der Waals surface area contributed by atoms with Crippen LogP contribution in [0.4, 0.5) is 5.69 Å². The van der Waals surface area contributed by atoms with E-state index in [1.54, 1.807) is 0 Å². The Morgan fingerprint density at radius 3 is 2.86 bits per heavy atom. The molecule has 3 aromatic rings. The molecule has 5 nitrogen and oxygen atoms in total. The minimum Gasteiger partial charge on any atom is -0.464 e. The van der Waals surface area contributed by atoms with Crippen LogP contribution in [0.15, 0.2) is 30.5 Å². The average molecular weight is 316 g/mol. The van der Waals surface area contributed by atoms with Crippen LogP contribution in [0.1, 0.15) is 16.1 Å². The number of fused-ring (bicyclic) bond motifs is 1. The smallest absolute Gasteiger partial charge is 0.358 e. The molecule has 0 radical (unpaired) electrons. The first kappa shape index (κ1) is 14.4. The molecule has 1 aromatic carbocycles. The normalized spacial score (nSPS) is 10.9. The van der Waals surface area contributed by atoms with E-state index in [2.05, 4.69) is 9.97 Å². The largest absolute Gasteiger partial charge is 0.464 e. The van der Waals surface area contributed by atoms with Gasteiger partial charge in [0.2, 0.25) is 0 Å². The van der Waals surface area contributed by atoms with Gasteiger partial charge in [0, 0.05) is 17.3 Å². The monoisotopic (exact) mass is 315 g/mol. The Balaban J connectivity index is 2.25. The lowest BCUT2D eigenvalue weighted by Crippen LogP contribution is -2.09. The molecule has 0 saturated heterocycles. The van der Waals surface area contributed by atoms with Crippen LogP contribution in [0.25, 0.3) is 22.2 Å². The zero-order valence-corrected chi connectivity index (χ0v) is 12.9.